The van der Waals surface area contributed by atoms with Crippen molar-refractivity contribution in [3.05, 3.63) is 35.9 Å². The summed E-state index contributed by atoms with van der Waals surface area (Å²) in [6.45, 7) is 0.696. The van der Waals surface area contributed by atoms with E-state index < -0.39 is 0 Å². The minimum absolute atomic E-state index is 0.0662. The van der Waals surface area contributed by atoms with Gasteiger partial charge in [-0.2, -0.15) is 0 Å². The Kier molecular flexibility index (Phi) is 4.28. The fraction of sp³-hybridized carbons (Fsp3) is 0.250. The van der Waals surface area contributed by atoms with Gasteiger partial charge in [-0.05, 0) is 12.0 Å². The molecule has 1 aromatic rings. The van der Waals surface area contributed by atoms with Gasteiger partial charge in [-0.3, -0.25) is 9.79 Å². The van der Waals surface area contributed by atoms with Crippen LogP contribution < -0.4 is 5.32 Å². The zero-order valence-corrected chi connectivity index (χ0v) is 10.8. The number of hydrogen-bond donors (Lipinski definition) is 1. The molecule has 1 aliphatic heterocycles. The second kappa shape index (κ2) is 5.93. The molecule has 0 aliphatic carbocycles. The molecule has 0 bridgehead atoms. The maximum atomic E-state index is 11.3. The van der Waals surface area contributed by atoms with Crippen molar-refractivity contribution in [2.75, 3.05) is 6.54 Å². The number of thiocarbonyl (C=S) groups is 1. The molecule has 0 spiro atoms. The lowest BCUT2D eigenvalue weighted by molar-refractivity contribution is -0.117. The molecule has 2 rings (SSSR count). The van der Waals surface area contributed by atoms with Crippen LogP contribution in [0.2, 0.25) is 0 Å². The number of carbonyl (C=O) groups excluding carboxylic acids is 1. The Morgan fingerprint density at radius 3 is 2.82 bits per heavy atom. The molecule has 1 heterocycles. The molecule has 0 aromatic heterocycles. The molecule has 1 aliphatic rings. The molecule has 3 nitrogen and oxygen atoms in total. The van der Waals surface area contributed by atoms with Gasteiger partial charge in [-0.1, -0.05) is 54.3 Å². The molecule has 1 amide bonds. The number of rotatable bonds is 4. The lowest BCUT2D eigenvalue weighted by Gasteiger charge is -1.98. The lowest BCUT2D eigenvalue weighted by atomic mass is 10.2. The fourth-order valence-corrected chi connectivity index (χ4v) is 2.59. The van der Waals surface area contributed by atoms with E-state index in [0.717, 1.165) is 6.42 Å². The largest absolute Gasteiger partial charge is 0.310 e. The summed E-state index contributed by atoms with van der Waals surface area (Å²) in [4.78, 5) is 15.6. The quantitative estimate of drug-likeness (QED) is 0.666. The van der Waals surface area contributed by atoms with Crippen LogP contribution in [-0.4, -0.2) is 28.2 Å². The van der Waals surface area contributed by atoms with Crippen LogP contribution in [0.1, 0.15) is 5.56 Å². The van der Waals surface area contributed by atoms with E-state index >= 15 is 0 Å². The number of benzene rings is 1. The molecule has 0 saturated carbocycles. The van der Waals surface area contributed by atoms with Crippen molar-refractivity contribution >= 4 is 40.4 Å². The van der Waals surface area contributed by atoms with Crippen LogP contribution in [0, 0.1) is 0 Å². The standard InChI is InChI=1S/C12H12N2OS2/c15-11-10(17-12(16)14-11)8-13-7-6-9-4-2-1-3-5-9/h1-5,8,10H,6-7H2,(H,14,15,16). The summed E-state index contributed by atoms with van der Waals surface area (Å²) in [5.74, 6) is -0.0662. The van der Waals surface area contributed by atoms with Gasteiger partial charge in [-0.25, -0.2) is 0 Å². The van der Waals surface area contributed by atoms with Crippen molar-refractivity contribution in [3.8, 4) is 0 Å². The zero-order chi connectivity index (χ0) is 12.1. The van der Waals surface area contributed by atoms with Crippen molar-refractivity contribution in [1.82, 2.24) is 5.32 Å². The molecule has 1 atom stereocenters. The van der Waals surface area contributed by atoms with Gasteiger partial charge in [-0.15, -0.1) is 0 Å². The van der Waals surface area contributed by atoms with E-state index in [9.17, 15) is 4.79 Å². The molecule has 1 unspecified atom stereocenters. The van der Waals surface area contributed by atoms with E-state index in [0.29, 0.717) is 10.9 Å². The molecule has 1 aromatic carbocycles. The number of nitrogens with one attached hydrogen (secondary N) is 1. The summed E-state index contributed by atoms with van der Waals surface area (Å²) in [6, 6.07) is 10.2. The molecular weight excluding hydrogens is 252 g/mol. The van der Waals surface area contributed by atoms with Crippen molar-refractivity contribution in [2.45, 2.75) is 11.7 Å². The first-order valence-electron chi connectivity index (χ1n) is 5.31. The Hall–Kier alpha value is -1.20. The van der Waals surface area contributed by atoms with E-state index in [4.69, 9.17) is 12.2 Å². The molecule has 88 valence electrons. The van der Waals surface area contributed by atoms with Gasteiger partial charge in [0.05, 0.1) is 0 Å². The number of aliphatic imine (C=N–C) groups is 1. The van der Waals surface area contributed by atoms with Crippen molar-refractivity contribution < 1.29 is 4.79 Å². The number of hydrogen-bond acceptors (Lipinski definition) is 4. The second-order valence-electron chi connectivity index (χ2n) is 3.61. The molecule has 1 saturated heterocycles. The highest BCUT2D eigenvalue weighted by atomic mass is 32.2. The fourth-order valence-electron chi connectivity index (χ4n) is 1.48. The highest BCUT2D eigenvalue weighted by molar-refractivity contribution is 8.24. The highest BCUT2D eigenvalue weighted by Gasteiger charge is 2.26. The second-order valence-corrected chi connectivity index (χ2v) is 5.42. The smallest absolute Gasteiger partial charge is 0.244 e. The average Bonchev–Trinajstić information content (AvgIpc) is 2.65. The van der Waals surface area contributed by atoms with Gasteiger partial charge < -0.3 is 5.32 Å². The van der Waals surface area contributed by atoms with E-state index in [1.807, 2.05) is 18.2 Å². The van der Waals surface area contributed by atoms with Gasteiger partial charge in [0.2, 0.25) is 5.91 Å². The van der Waals surface area contributed by atoms with Crippen LogP contribution in [0.5, 0.6) is 0 Å². The third kappa shape index (κ3) is 3.64. The molecule has 1 fully saturated rings. The van der Waals surface area contributed by atoms with Crippen LogP contribution in [0.15, 0.2) is 35.3 Å². The van der Waals surface area contributed by atoms with E-state index in [1.54, 1.807) is 6.21 Å². The summed E-state index contributed by atoms with van der Waals surface area (Å²) in [5, 5.41) is 2.34. The Morgan fingerprint density at radius 1 is 1.41 bits per heavy atom. The number of thioether (sulfide) groups is 1. The molecular formula is C12H12N2OS2. The third-order valence-corrected chi connectivity index (χ3v) is 3.63. The van der Waals surface area contributed by atoms with E-state index in [1.165, 1.54) is 17.3 Å². The van der Waals surface area contributed by atoms with Crippen molar-refractivity contribution in [3.63, 3.8) is 0 Å². The lowest BCUT2D eigenvalue weighted by Crippen LogP contribution is -2.24. The van der Waals surface area contributed by atoms with Gasteiger partial charge in [0.1, 0.15) is 9.57 Å². The summed E-state index contributed by atoms with van der Waals surface area (Å²) in [7, 11) is 0. The Morgan fingerprint density at radius 2 is 2.18 bits per heavy atom. The Bertz CT molecular complexity index is 445. The van der Waals surface area contributed by atoms with Crippen LogP contribution in [0.25, 0.3) is 0 Å². The van der Waals surface area contributed by atoms with Crippen LogP contribution in [0.4, 0.5) is 0 Å². The number of amides is 1. The minimum atomic E-state index is -0.252. The molecule has 0 radical (unpaired) electrons. The normalized spacial score (nSPS) is 19.9. The first kappa shape index (κ1) is 12.3. The maximum absolute atomic E-state index is 11.3. The van der Waals surface area contributed by atoms with E-state index in [2.05, 4.69) is 22.4 Å². The van der Waals surface area contributed by atoms with Crippen LogP contribution in [-0.2, 0) is 11.2 Å². The summed E-state index contributed by atoms with van der Waals surface area (Å²) in [5.41, 5.74) is 1.25. The monoisotopic (exact) mass is 264 g/mol. The summed E-state index contributed by atoms with van der Waals surface area (Å²) >= 11 is 6.24. The van der Waals surface area contributed by atoms with Crippen molar-refractivity contribution in [1.29, 1.82) is 0 Å². The minimum Gasteiger partial charge on any atom is -0.310 e. The topological polar surface area (TPSA) is 41.5 Å². The van der Waals surface area contributed by atoms with Crippen molar-refractivity contribution in [2.24, 2.45) is 4.99 Å². The molecule has 5 heteroatoms. The zero-order valence-electron chi connectivity index (χ0n) is 9.13. The van der Waals surface area contributed by atoms with Gasteiger partial charge in [0.15, 0.2) is 0 Å². The van der Waals surface area contributed by atoms with Gasteiger partial charge in [0.25, 0.3) is 0 Å². The van der Waals surface area contributed by atoms with Gasteiger partial charge >= 0.3 is 0 Å². The van der Waals surface area contributed by atoms with Crippen LogP contribution in [0.3, 0.4) is 0 Å². The maximum Gasteiger partial charge on any atom is 0.244 e. The first-order chi connectivity index (χ1) is 8.25. The van der Waals surface area contributed by atoms with E-state index in [-0.39, 0.29) is 11.2 Å². The molecule has 1 N–H and O–H groups in total. The summed E-state index contributed by atoms with van der Waals surface area (Å²) < 4.78 is 0.537. The molecule has 17 heavy (non-hydrogen) atoms. The Labute approximate surface area is 110 Å². The summed E-state index contributed by atoms with van der Waals surface area (Å²) in [6.07, 6.45) is 2.57. The SMILES string of the molecule is O=C1NC(=S)SC1C=NCCc1ccccc1. The predicted octanol–water partition coefficient (Wildman–Crippen LogP) is 1.82. The number of carbonyl (C=O) groups is 1. The third-order valence-electron chi connectivity index (χ3n) is 2.33. The number of nitrogens with zero attached hydrogens (tertiary/aromatic N) is 1. The van der Waals surface area contributed by atoms with Crippen LogP contribution >= 0.6 is 24.0 Å². The Balaban J connectivity index is 1.79. The predicted molar refractivity (Wildman–Crippen MR) is 75.6 cm³/mol. The first-order valence-corrected chi connectivity index (χ1v) is 6.60. The average molecular weight is 264 g/mol. The highest BCUT2D eigenvalue weighted by Crippen LogP contribution is 2.17. The van der Waals surface area contributed by atoms with Gasteiger partial charge in [0, 0.05) is 12.8 Å².